The number of fused-ring (bicyclic) bond motifs is 2. The normalized spacial score (nSPS) is 15.7. The first kappa shape index (κ1) is 23.5. The number of aromatic amines is 1. The lowest BCUT2D eigenvalue weighted by molar-refractivity contribution is -0.130. The van der Waals surface area contributed by atoms with Crippen LogP contribution in [-0.4, -0.2) is 33.8 Å². The second kappa shape index (κ2) is 8.92. The molecule has 0 radical (unpaired) electrons. The number of ether oxygens (including phenoxy) is 1. The summed E-state index contributed by atoms with van der Waals surface area (Å²) >= 11 is 0. The molecule has 1 aliphatic heterocycles. The Kier molecular flexibility index (Phi) is 5.52. The number of rotatable bonds is 6. The molecule has 190 valence electrons. The number of Topliss-reactive ketones (excluding diaryl/α,β-unsaturated/α-hetero) is 1. The zero-order chi connectivity index (χ0) is 26.6. The maximum absolute atomic E-state index is 14.0. The van der Waals surface area contributed by atoms with E-state index < -0.39 is 29.3 Å². The molecule has 1 amide bonds. The molecule has 2 aromatic heterocycles. The van der Waals surface area contributed by atoms with Crippen LogP contribution < -0.4 is 4.74 Å². The van der Waals surface area contributed by atoms with E-state index in [0.717, 1.165) is 16.6 Å². The van der Waals surface area contributed by atoms with Crippen LogP contribution in [0.3, 0.4) is 0 Å². The molecular weight excluding hydrogens is 487 g/mol. The molecule has 3 heterocycles. The number of nitrogens with zero attached hydrogens (tertiary/aromatic N) is 1. The number of carbonyl (C=O) groups excluding carboxylic acids is 2. The third-order valence-corrected chi connectivity index (χ3v) is 6.98. The van der Waals surface area contributed by atoms with Gasteiger partial charge in [-0.05, 0) is 42.8 Å². The van der Waals surface area contributed by atoms with Gasteiger partial charge in [0.1, 0.15) is 5.82 Å². The van der Waals surface area contributed by atoms with Gasteiger partial charge in [0.25, 0.3) is 5.91 Å². The fraction of sp³-hybridized carbons (Fsp3) is 0.133. The van der Waals surface area contributed by atoms with Gasteiger partial charge < -0.3 is 24.1 Å². The number of aromatic nitrogens is 1. The minimum absolute atomic E-state index is 0.0232. The van der Waals surface area contributed by atoms with Crippen LogP contribution in [0.4, 0.5) is 4.39 Å². The molecule has 6 rings (SSSR count). The Labute approximate surface area is 216 Å². The molecule has 38 heavy (non-hydrogen) atoms. The van der Waals surface area contributed by atoms with Crippen LogP contribution in [0.25, 0.3) is 21.9 Å². The summed E-state index contributed by atoms with van der Waals surface area (Å²) in [5.41, 5.74) is 3.24. The van der Waals surface area contributed by atoms with Crippen molar-refractivity contribution in [2.75, 3.05) is 7.11 Å². The summed E-state index contributed by atoms with van der Waals surface area (Å²) < 4.78 is 24.8. The minimum Gasteiger partial charge on any atom is -0.503 e. The Morgan fingerprint density at radius 1 is 1.11 bits per heavy atom. The van der Waals surface area contributed by atoms with Gasteiger partial charge in [-0.3, -0.25) is 9.59 Å². The average molecular weight is 511 g/mol. The SMILES string of the molecule is COc1cccc2cc(C(=O)C3=C(O)C(=O)N(Cc4ccc(F)cc4)C3c3c(C)[nH]c4ccccc34)oc12. The van der Waals surface area contributed by atoms with Crippen LogP contribution in [0.15, 0.2) is 88.5 Å². The fourth-order valence-electron chi connectivity index (χ4n) is 5.23. The monoisotopic (exact) mass is 510 g/mol. The number of furan rings is 1. The number of carbonyl (C=O) groups is 2. The summed E-state index contributed by atoms with van der Waals surface area (Å²) in [5, 5.41) is 12.6. The van der Waals surface area contributed by atoms with Gasteiger partial charge in [-0.15, -0.1) is 0 Å². The number of aliphatic hydroxyl groups is 1. The van der Waals surface area contributed by atoms with E-state index in [1.807, 2.05) is 31.2 Å². The van der Waals surface area contributed by atoms with Gasteiger partial charge >= 0.3 is 0 Å². The Balaban J connectivity index is 1.52. The van der Waals surface area contributed by atoms with Gasteiger partial charge in [0.2, 0.25) is 5.78 Å². The Bertz CT molecular complexity index is 1760. The number of benzene rings is 3. The van der Waals surface area contributed by atoms with Gasteiger partial charge in [0, 0.05) is 34.1 Å². The molecule has 0 fully saturated rings. The molecule has 1 atom stereocenters. The molecule has 8 heteroatoms. The summed E-state index contributed by atoms with van der Waals surface area (Å²) in [7, 11) is 1.51. The highest BCUT2D eigenvalue weighted by Crippen LogP contribution is 2.44. The number of aryl methyl sites for hydroxylation is 1. The number of nitrogens with one attached hydrogen (secondary N) is 1. The fourth-order valence-corrected chi connectivity index (χ4v) is 5.23. The van der Waals surface area contributed by atoms with Crippen molar-refractivity contribution in [3.8, 4) is 5.75 Å². The number of hydrogen-bond donors (Lipinski definition) is 2. The molecule has 2 N–H and O–H groups in total. The highest BCUT2D eigenvalue weighted by molar-refractivity contribution is 6.16. The number of aliphatic hydroxyl groups excluding tert-OH is 1. The maximum Gasteiger partial charge on any atom is 0.290 e. The van der Waals surface area contributed by atoms with Crippen molar-refractivity contribution in [3.63, 3.8) is 0 Å². The Hall–Kier alpha value is -4.85. The van der Waals surface area contributed by atoms with Crippen molar-refractivity contribution in [2.45, 2.75) is 19.5 Å². The van der Waals surface area contributed by atoms with Gasteiger partial charge in [0.05, 0.1) is 18.7 Å². The highest BCUT2D eigenvalue weighted by Gasteiger charge is 2.46. The Morgan fingerprint density at radius 3 is 2.63 bits per heavy atom. The molecule has 0 spiro atoms. The van der Waals surface area contributed by atoms with E-state index in [2.05, 4.69) is 4.98 Å². The second-order valence-corrected chi connectivity index (χ2v) is 9.25. The summed E-state index contributed by atoms with van der Waals surface area (Å²) in [6.45, 7) is 1.91. The average Bonchev–Trinajstić information content (AvgIpc) is 3.57. The number of para-hydroxylation sites is 2. The smallest absolute Gasteiger partial charge is 0.290 e. The first-order chi connectivity index (χ1) is 18.4. The third-order valence-electron chi connectivity index (χ3n) is 6.98. The second-order valence-electron chi connectivity index (χ2n) is 9.25. The lowest BCUT2D eigenvalue weighted by Crippen LogP contribution is -2.31. The summed E-state index contributed by atoms with van der Waals surface area (Å²) in [5.74, 6) is -1.90. The molecule has 7 nitrogen and oxygen atoms in total. The van der Waals surface area contributed by atoms with Crippen molar-refractivity contribution in [1.82, 2.24) is 9.88 Å². The third kappa shape index (κ3) is 3.64. The predicted octanol–water partition coefficient (Wildman–Crippen LogP) is 6.15. The van der Waals surface area contributed by atoms with Gasteiger partial charge in [-0.2, -0.15) is 0 Å². The number of amides is 1. The molecule has 0 saturated heterocycles. The molecule has 0 bridgehead atoms. The van der Waals surface area contributed by atoms with Crippen LogP contribution in [-0.2, 0) is 11.3 Å². The molecule has 1 unspecified atom stereocenters. The number of methoxy groups -OCH3 is 1. The summed E-state index contributed by atoms with van der Waals surface area (Å²) in [4.78, 5) is 32.2. The van der Waals surface area contributed by atoms with Crippen LogP contribution in [0.5, 0.6) is 5.75 Å². The number of H-pyrrole nitrogens is 1. The van der Waals surface area contributed by atoms with Gasteiger partial charge in [0.15, 0.2) is 22.9 Å². The van der Waals surface area contributed by atoms with Gasteiger partial charge in [-0.25, -0.2) is 4.39 Å². The maximum atomic E-state index is 14.0. The highest BCUT2D eigenvalue weighted by atomic mass is 19.1. The quantitative estimate of drug-likeness (QED) is 0.267. The minimum atomic E-state index is -0.911. The van der Waals surface area contributed by atoms with E-state index >= 15 is 0 Å². The van der Waals surface area contributed by atoms with E-state index in [1.165, 1.54) is 24.1 Å². The first-order valence-corrected chi connectivity index (χ1v) is 12.0. The van der Waals surface area contributed by atoms with Crippen molar-refractivity contribution in [1.29, 1.82) is 0 Å². The first-order valence-electron chi connectivity index (χ1n) is 12.0. The molecule has 3 aromatic carbocycles. The van der Waals surface area contributed by atoms with Crippen molar-refractivity contribution in [2.24, 2.45) is 0 Å². The van der Waals surface area contributed by atoms with Crippen LogP contribution in [0.2, 0.25) is 0 Å². The van der Waals surface area contributed by atoms with E-state index in [1.54, 1.807) is 36.4 Å². The number of halogens is 1. The Morgan fingerprint density at radius 2 is 1.87 bits per heavy atom. The molecule has 0 saturated carbocycles. The predicted molar refractivity (Wildman–Crippen MR) is 139 cm³/mol. The van der Waals surface area contributed by atoms with E-state index in [4.69, 9.17) is 9.15 Å². The van der Waals surface area contributed by atoms with Crippen LogP contribution in [0.1, 0.15) is 33.4 Å². The number of ketones is 1. The lowest BCUT2D eigenvalue weighted by atomic mass is 9.92. The lowest BCUT2D eigenvalue weighted by Gasteiger charge is -2.27. The van der Waals surface area contributed by atoms with Crippen LogP contribution in [0, 0.1) is 12.7 Å². The topological polar surface area (TPSA) is 95.8 Å². The zero-order valence-corrected chi connectivity index (χ0v) is 20.6. The molecule has 1 aliphatic rings. The van der Waals surface area contributed by atoms with Crippen LogP contribution >= 0.6 is 0 Å². The van der Waals surface area contributed by atoms with Crippen molar-refractivity contribution < 1.29 is 28.2 Å². The zero-order valence-electron chi connectivity index (χ0n) is 20.6. The molecule has 0 aliphatic carbocycles. The van der Waals surface area contributed by atoms with E-state index in [9.17, 15) is 19.1 Å². The van der Waals surface area contributed by atoms with E-state index in [0.29, 0.717) is 27.8 Å². The largest absolute Gasteiger partial charge is 0.503 e. The summed E-state index contributed by atoms with van der Waals surface area (Å²) in [6, 6.07) is 19.3. The summed E-state index contributed by atoms with van der Waals surface area (Å²) in [6.07, 6.45) is 0. The van der Waals surface area contributed by atoms with Crippen molar-refractivity contribution in [3.05, 3.63) is 113 Å². The molecule has 5 aromatic rings. The van der Waals surface area contributed by atoms with E-state index in [-0.39, 0.29) is 17.9 Å². The molecular formula is C30H23FN2O5. The van der Waals surface area contributed by atoms with Crippen molar-refractivity contribution >= 4 is 33.6 Å². The van der Waals surface area contributed by atoms with Gasteiger partial charge in [-0.1, -0.05) is 42.5 Å². The standard InChI is InChI=1S/C30H23FN2O5/c1-16-24(20-7-3-4-8-21(20)32-16)26-25(27(34)23-14-18-6-5-9-22(37-2)29(18)38-23)28(35)30(36)33(26)15-17-10-12-19(31)13-11-17/h3-14,26,32,35H,15H2,1-2H3. The number of hydrogen-bond acceptors (Lipinski definition) is 5.